The fourth-order valence-corrected chi connectivity index (χ4v) is 2.57. The largest absolute Gasteiger partial charge is 0.366 e. The van der Waals surface area contributed by atoms with Gasteiger partial charge in [-0.2, -0.15) is 0 Å². The van der Waals surface area contributed by atoms with Crippen molar-refractivity contribution >= 4 is 27.5 Å². The lowest BCUT2D eigenvalue weighted by atomic mass is 10.0. The molecule has 1 amide bonds. The first kappa shape index (κ1) is 14.8. The third-order valence-electron chi connectivity index (χ3n) is 3.71. The molecule has 0 radical (unpaired) electrons. The van der Waals surface area contributed by atoms with Crippen LogP contribution in [0.2, 0.25) is 0 Å². The molecule has 2 nitrogen and oxygen atoms in total. The van der Waals surface area contributed by atoms with E-state index in [0.29, 0.717) is 5.56 Å². The Labute approximate surface area is 135 Å². The minimum atomic E-state index is -0.378. The van der Waals surface area contributed by atoms with Crippen molar-refractivity contribution in [2.24, 2.45) is 5.73 Å². The molecule has 0 spiro atoms. The first-order valence-corrected chi connectivity index (χ1v) is 7.47. The fourth-order valence-electron chi connectivity index (χ4n) is 2.57. The van der Waals surface area contributed by atoms with Gasteiger partial charge in [0.2, 0.25) is 5.91 Å². The van der Waals surface area contributed by atoms with E-state index in [1.165, 1.54) is 10.8 Å². The summed E-state index contributed by atoms with van der Waals surface area (Å²) in [6.07, 6.45) is 0. The second-order valence-corrected chi connectivity index (χ2v) is 5.24. The number of nitrogens with two attached hydrogens (primary N) is 1. The van der Waals surface area contributed by atoms with Crippen LogP contribution in [0.3, 0.4) is 0 Å². The smallest absolute Gasteiger partial charge is 0.249 e. The highest BCUT2D eigenvalue weighted by atomic mass is 16.1. The Morgan fingerprint density at radius 3 is 1.52 bits per heavy atom. The second kappa shape index (κ2) is 6.75. The number of hydrogen-bond donors (Lipinski definition) is 1. The first-order valence-electron chi connectivity index (χ1n) is 7.47. The molecule has 0 saturated carbocycles. The molecule has 0 aliphatic heterocycles. The molecule has 0 aliphatic rings. The number of carbonyl (C=O) groups excluding carboxylic acids is 1. The van der Waals surface area contributed by atoms with Gasteiger partial charge in [-0.15, -0.1) is 0 Å². The molecule has 0 fully saturated rings. The highest BCUT2D eigenvalue weighted by Crippen LogP contribution is 2.17. The lowest BCUT2D eigenvalue weighted by molar-refractivity contribution is 0.100. The van der Waals surface area contributed by atoms with Gasteiger partial charge in [0.15, 0.2) is 0 Å². The van der Waals surface area contributed by atoms with E-state index < -0.39 is 0 Å². The number of amides is 1. The summed E-state index contributed by atoms with van der Waals surface area (Å²) in [6, 6.07) is 29.9. The molecule has 0 saturated heterocycles. The second-order valence-electron chi connectivity index (χ2n) is 5.24. The molecule has 4 aromatic carbocycles. The Morgan fingerprint density at radius 2 is 1.00 bits per heavy atom. The Hall–Kier alpha value is -3.13. The number of rotatable bonds is 1. The van der Waals surface area contributed by atoms with Crippen LogP contribution in [0.25, 0.3) is 21.5 Å². The number of benzene rings is 4. The lowest BCUT2D eigenvalue weighted by Crippen LogP contribution is -2.11. The molecule has 0 unspecified atom stereocenters. The molecule has 112 valence electrons. The minimum absolute atomic E-state index is 0.378. The molecule has 23 heavy (non-hydrogen) atoms. The highest BCUT2D eigenvalue weighted by molar-refractivity contribution is 6.06. The summed E-state index contributed by atoms with van der Waals surface area (Å²) in [7, 11) is 0. The molecule has 2 heteroatoms. The Bertz CT molecular complexity index is 889. The summed E-state index contributed by atoms with van der Waals surface area (Å²) < 4.78 is 0. The van der Waals surface area contributed by atoms with Crippen LogP contribution in [-0.2, 0) is 0 Å². The van der Waals surface area contributed by atoms with Gasteiger partial charge in [-0.1, -0.05) is 84.9 Å². The van der Waals surface area contributed by atoms with E-state index in [1.54, 1.807) is 6.07 Å². The maximum Gasteiger partial charge on any atom is 0.249 e. The van der Waals surface area contributed by atoms with E-state index in [4.69, 9.17) is 5.73 Å². The van der Waals surface area contributed by atoms with E-state index in [9.17, 15) is 4.79 Å². The minimum Gasteiger partial charge on any atom is -0.366 e. The summed E-state index contributed by atoms with van der Waals surface area (Å²) >= 11 is 0. The summed E-state index contributed by atoms with van der Waals surface area (Å²) in [4.78, 5) is 11.0. The predicted octanol–water partition coefficient (Wildman–Crippen LogP) is 4.78. The molecule has 0 heterocycles. The molecular weight excluding hydrogens is 282 g/mol. The zero-order valence-electron chi connectivity index (χ0n) is 12.6. The zero-order valence-corrected chi connectivity index (χ0v) is 12.6. The van der Waals surface area contributed by atoms with Gasteiger partial charge in [-0.3, -0.25) is 4.79 Å². The van der Waals surface area contributed by atoms with E-state index in [0.717, 1.165) is 10.8 Å². The van der Waals surface area contributed by atoms with E-state index in [2.05, 4.69) is 48.5 Å². The normalized spacial score (nSPS) is 10.1. The molecular formula is C21H17NO. The quantitative estimate of drug-likeness (QED) is 0.540. The van der Waals surface area contributed by atoms with Gasteiger partial charge in [0.05, 0.1) is 0 Å². The van der Waals surface area contributed by atoms with Crippen LogP contribution in [-0.4, -0.2) is 5.91 Å². The highest BCUT2D eigenvalue weighted by Gasteiger charge is 2.03. The topological polar surface area (TPSA) is 43.1 Å². The average Bonchev–Trinajstić information content (AvgIpc) is 2.62. The van der Waals surface area contributed by atoms with Crippen LogP contribution in [0.1, 0.15) is 10.4 Å². The van der Waals surface area contributed by atoms with Gasteiger partial charge < -0.3 is 5.73 Å². The van der Waals surface area contributed by atoms with Crippen molar-refractivity contribution in [3.05, 3.63) is 96.6 Å². The van der Waals surface area contributed by atoms with Crippen molar-refractivity contribution in [1.29, 1.82) is 0 Å². The zero-order chi connectivity index (χ0) is 16.1. The van der Waals surface area contributed by atoms with Gasteiger partial charge >= 0.3 is 0 Å². The van der Waals surface area contributed by atoms with Gasteiger partial charge in [0.1, 0.15) is 0 Å². The van der Waals surface area contributed by atoms with E-state index >= 15 is 0 Å². The van der Waals surface area contributed by atoms with Crippen molar-refractivity contribution in [1.82, 2.24) is 0 Å². The third-order valence-corrected chi connectivity index (χ3v) is 3.71. The van der Waals surface area contributed by atoms with Crippen molar-refractivity contribution < 1.29 is 4.79 Å². The molecule has 4 rings (SSSR count). The van der Waals surface area contributed by atoms with E-state index in [1.807, 2.05) is 36.4 Å². The van der Waals surface area contributed by atoms with Gasteiger partial charge in [0.25, 0.3) is 0 Å². The van der Waals surface area contributed by atoms with Crippen LogP contribution in [0.5, 0.6) is 0 Å². The number of hydrogen-bond acceptors (Lipinski definition) is 1. The summed E-state index contributed by atoms with van der Waals surface area (Å²) in [5.74, 6) is -0.378. The van der Waals surface area contributed by atoms with Crippen LogP contribution < -0.4 is 5.73 Å². The Morgan fingerprint density at radius 1 is 0.565 bits per heavy atom. The number of primary amides is 1. The van der Waals surface area contributed by atoms with Crippen molar-refractivity contribution in [2.45, 2.75) is 0 Å². The molecule has 0 bridgehead atoms. The lowest BCUT2D eigenvalue weighted by Gasteiger charge is -2.01. The molecule has 2 N–H and O–H groups in total. The molecule has 0 aromatic heterocycles. The summed E-state index contributed by atoms with van der Waals surface area (Å²) in [5, 5.41) is 4.58. The maximum atomic E-state index is 11.0. The number of carbonyl (C=O) groups is 1. The summed E-state index contributed by atoms with van der Waals surface area (Å²) in [5.41, 5.74) is 5.82. The average molecular weight is 299 g/mol. The predicted molar refractivity (Wildman–Crippen MR) is 96.4 cm³/mol. The van der Waals surface area contributed by atoms with Gasteiger partial charge in [-0.05, 0) is 27.6 Å². The summed E-state index contributed by atoms with van der Waals surface area (Å²) in [6.45, 7) is 0. The monoisotopic (exact) mass is 299 g/mol. The third kappa shape index (κ3) is 3.38. The number of fused-ring (bicyclic) bond motifs is 2. The van der Waals surface area contributed by atoms with Crippen LogP contribution in [0, 0.1) is 0 Å². The Balaban J connectivity index is 0.000000140. The fraction of sp³-hybridized carbons (Fsp3) is 0. The van der Waals surface area contributed by atoms with Crippen LogP contribution in [0.4, 0.5) is 0 Å². The molecule has 0 atom stereocenters. The van der Waals surface area contributed by atoms with E-state index in [-0.39, 0.29) is 5.91 Å². The van der Waals surface area contributed by atoms with Crippen LogP contribution >= 0.6 is 0 Å². The molecule has 0 aliphatic carbocycles. The maximum absolute atomic E-state index is 11.0. The van der Waals surface area contributed by atoms with Crippen molar-refractivity contribution in [3.63, 3.8) is 0 Å². The van der Waals surface area contributed by atoms with Crippen molar-refractivity contribution in [3.8, 4) is 0 Å². The molecule has 4 aromatic rings. The first-order chi connectivity index (χ1) is 11.3. The van der Waals surface area contributed by atoms with Gasteiger partial charge in [-0.25, -0.2) is 0 Å². The van der Waals surface area contributed by atoms with Crippen LogP contribution in [0.15, 0.2) is 91.0 Å². The Kier molecular flexibility index (Phi) is 4.34. The van der Waals surface area contributed by atoms with Gasteiger partial charge in [0, 0.05) is 5.56 Å². The SMILES string of the molecule is NC(=O)c1cccc2ccccc12.c1ccc2ccccc2c1. The van der Waals surface area contributed by atoms with Crippen molar-refractivity contribution in [2.75, 3.05) is 0 Å². The standard InChI is InChI=1S/C11H9NO.C10H8/c12-11(13)10-7-3-5-8-4-1-2-6-9(8)10;1-2-6-10-8-4-3-7-9(10)5-1/h1-7H,(H2,12,13);1-8H.